The molecular formula is C16H30. The molecule has 0 heteroatoms. The highest BCUT2D eigenvalue weighted by Crippen LogP contribution is 2.16. The summed E-state index contributed by atoms with van der Waals surface area (Å²) < 4.78 is 0. The van der Waals surface area contributed by atoms with Gasteiger partial charge in [-0.2, -0.15) is 0 Å². The van der Waals surface area contributed by atoms with E-state index in [9.17, 15) is 0 Å². The smallest absolute Gasteiger partial charge is 0.0323 e. The zero-order chi connectivity index (χ0) is 11.5. The SMILES string of the molecule is CC1=CCCCCCCCCCCCCC1. The lowest BCUT2D eigenvalue weighted by Gasteiger charge is -2.02. The second-order valence-electron chi connectivity index (χ2n) is 5.48. The highest BCUT2D eigenvalue weighted by atomic mass is 14.0. The molecule has 0 unspecified atom stereocenters. The number of hydrogen-bond acceptors (Lipinski definition) is 0. The van der Waals surface area contributed by atoms with Crippen molar-refractivity contribution in [3.05, 3.63) is 11.6 Å². The standard InChI is InChI=1S/C16H30/c1-16-14-12-10-8-6-4-2-3-5-7-9-11-13-15-16/h14H,2-13,15H2,1H3. The van der Waals surface area contributed by atoms with Crippen LogP contribution in [0.3, 0.4) is 0 Å². The van der Waals surface area contributed by atoms with Crippen molar-refractivity contribution in [2.75, 3.05) is 0 Å². The topological polar surface area (TPSA) is 0 Å². The lowest BCUT2D eigenvalue weighted by Crippen LogP contribution is -1.82. The second-order valence-corrected chi connectivity index (χ2v) is 5.48. The normalized spacial score (nSPS) is 22.9. The molecule has 1 aliphatic rings. The molecular weight excluding hydrogens is 192 g/mol. The van der Waals surface area contributed by atoms with Crippen LogP contribution >= 0.6 is 0 Å². The van der Waals surface area contributed by atoms with Gasteiger partial charge >= 0.3 is 0 Å². The zero-order valence-corrected chi connectivity index (χ0v) is 11.3. The van der Waals surface area contributed by atoms with Crippen LogP contribution in [0.15, 0.2) is 11.6 Å². The van der Waals surface area contributed by atoms with Gasteiger partial charge in [-0.15, -0.1) is 0 Å². The van der Waals surface area contributed by atoms with E-state index in [-0.39, 0.29) is 0 Å². The van der Waals surface area contributed by atoms with Gasteiger partial charge in [0.2, 0.25) is 0 Å². The predicted octanol–water partition coefficient (Wildman–Crippen LogP) is 6.02. The molecule has 1 aliphatic carbocycles. The Bertz CT molecular complexity index is 178. The Morgan fingerprint density at radius 2 is 1.06 bits per heavy atom. The van der Waals surface area contributed by atoms with E-state index in [1.807, 2.05) is 0 Å². The highest BCUT2D eigenvalue weighted by Gasteiger charge is 1.96. The Hall–Kier alpha value is -0.260. The Kier molecular flexibility index (Phi) is 8.57. The molecule has 94 valence electrons. The van der Waals surface area contributed by atoms with Gasteiger partial charge in [0.15, 0.2) is 0 Å². The molecule has 0 fully saturated rings. The molecule has 1 rings (SSSR count). The first-order chi connectivity index (χ1) is 7.89. The summed E-state index contributed by atoms with van der Waals surface area (Å²) in [6, 6.07) is 0. The lowest BCUT2D eigenvalue weighted by molar-refractivity contribution is 0.549. The van der Waals surface area contributed by atoms with Crippen LogP contribution in [0.25, 0.3) is 0 Å². The summed E-state index contributed by atoms with van der Waals surface area (Å²) in [5.41, 5.74) is 1.63. The van der Waals surface area contributed by atoms with Gasteiger partial charge in [-0.05, 0) is 32.6 Å². The Balaban J connectivity index is 2.19. The molecule has 0 radical (unpaired) electrons. The molecule has 0 aromatic heterocycles. The van der Waals surface area contributed by atoms with Crippen LogP contribution in [0.4, 0.5) is 0 Å². The summed E-state index contributed by atoms with van der Waals surface area (Å²) in [6.45, 7) is 2.32. The summed E-state index contributed by atoms with van der Waals surface area (Å²) >= 11 is 0. The molecule has 0 aromatic carbocycles. The van der Waals surface area contributed by atoms with Crippen LogP contribution in [0, 0.1) is 0 Å². The summed E-state index contributed by atoms with van der Waals surface area (Å²) in [4.78, 5) is 0. The quantitative estimate of drug-likeness (QED) is 0.440. The molecule has 0 heterocycles. The molecule has 0 aromatic rings. The van der Waals surface area contributed by atoms with Gasteiger partial charge < -0.3 is 0 Å². The Morgan fingerprint density at radius 1 is 0.625 bits per heavy atom. The summed E-state index contributed by atoms with van der Waals surface area (Å²) in [5.74, 6) is 0. The molecule has 0 nitrogen and oxygen atoms in total. The minimum atomic E-state index is 1.33. The Labute approximate surface area is 103 Å². The third kappa shape index (κ3) is 7.96. The van der Waals surface area contributed by atoms with Crippen molar-refractivity contribution in [3.63, 3.8) is 0 Å². The van der Waals surface area contributed by atoms with Crippen LogP contribution in [0.2, 0.25) is 0 Å². The fraction of sp³-hybridized carbons (Fsp3) is 0.875. The Morgan fingerprint density at radius 3 is 1.62 bits per heavy atom. The van der Waals surface area contributed by atoms with E-state index in [1.54, 1.807) is 5.57 Å². The van der Waals surface area contributed by atoms with Gasteiger partial charge in [-0.25, -0.2) is 0 Å². The van der Waals surface area contributed by atoms with Crippen LogP contribution in [0.5, 0.6) is 0 Å². The number of rotatable bonds is 0. The summed E-state index contributed by atoms with van der Waals surface area (Å²) in [7, 11) is 0. The average Bonchev–Trinajstić information content (AvgIpc) is 2.29. The van der Waals surface area contributed by atoms with Crippen molar-refractivity contribution in [1.29, 1.82) is 0 Å². The molecule has 0 N–H and O–H groups in total. The van der Waals surface area contributed by atoms with Crippen LogP contribution in [-0.2, 0) is 0 Å². The second kappa shape index (κ2) is 9.93. The van der Waals surface area contributed by atoms with Crippen molar-refractivity contribution >= 4 is 0 Å². The third-order valence-corrected chi connectivity index (χ3v) is 3.77. The maximum atomic E-state index is 2.49. The highest BCUT2D eigenvalue weighted by molar-refractivity contribution is 4.97. The largest absolute Gasteiger partial charge is 0.0856 e. The molecule has 0 saturated carbocycles. The first kappa shape index (κ1) is 13.8. The van der Waals surface area contributed by atoms with Crippen molar-refractivity contribution in [3.8, 4) is 0 Å². The first-order valence-electron chi connectivity index (χ1n) is 7.55. The fourth-order valence-corrected chi connectivity index (χ4v) is 2.59. The number of allylic oxidation sites excluding steroid dienone is 2. The van der Waals surface area contributed by atoms with Crippen molar-refractivity contribution in [2.24, 2.45) is 0 Å². The predicted molar refractivity (Wildman–Crippen MR) is 73.8 cm³/mol. The minimum absolute atomic E-state index is 1.33. The van der Waals surface area contributed by atoms with E-state index in [4.69, 9.17) is 0 Å². The fourth-order valence-electron chi connectivity index (χ4n) is 2.59. The van der Waals surface area contributed by atoms with Gasteiger partial charge in [0.25, 0.3) is 0 Å². The van der Waals surface area contributed by atoms with E-state index < -0.39 is 0 Å². The van der Waals surface area contributed by atoms with Gasteiger partial charge in [-0.1, -0.05) is 69.4 Å². The minimum Gasteiger partial charge on any atom is -0.0856 e. The third-order valence-electron chi connectivity index (χ3n) is 3.77. The van der Waals surface area contributed by atoms with E-state index in [0.717, 1.165) is 0 Å². The molecule has 0 saturated heterocycles. The van der Waals surface area contributed by atoms with E-state index >= 15 is 0 Å². The van der Waals surface area contributed by atoms with E-state index in [1.165, 1.54) is 83.5 Å². The monoisotopic (exact) mass is 222 g/mol. The molecule has 0 aliphatic heterocycles. The van der Waals surface area contributed by atoms with Crippen molar-refractivity contribution < 1.29 is 0 Å². The van der Waals surface area contributed by atoms with Gasteiger partial charge in [0, 0.05) is 0 Å². The van der Waals surface area contributed by atoms with Crippen LogP contribution < -0.4 is 0 Å². The van der Waals surface area contributed by atoms with E-state index in [2.05, 4.69) is 13.0 Å². The molecule has 0 spiro atoms. The van der Waals surface area contributed by atoms with Crippen LogP contribution in [-0.4, -0.2) is 0 Å². The molecule has 0 amide bonds. The lowest BCUT2D eigenvalue weighted by atomic mass is 10.0. The van der Waals surface area contributed by atoms with Gasteiger partial charge in [0.05, 0.1) is 0 Å². The van der Waals surface area contributed by atoms with Crippen molar-refractivity contribution in [1.82, 2.24) is 0 Å². The number of hydrogen-bond donors (Lipinski definition) is 0. The summed E-state index contributed by atoms with van der Waals surface area (Å²) in [5, 5.41) is 0. The van der Waals surface area contributed by atoms with E-state index in [0.29, 0.717) is 0 Å². The first-order valence-corrected chi connectivity index (χ1v) is 7.55. The zero-order valence-electron chi connectivity index (χ0n) is 11.3. The van der Waals surface area contributed by atoms with Gasteiger partial charge in [-0.3, -0.25) is 0 Å². The summed E-state index contributed by atoms with van der Waals surface area (Å²) in [6.07, 6.45) is 21.2. The maximum Gasteiger partial charge on any atom is -0.0323 e. The van der Waals surface area contributed by atoms with Crippen molar-refractivity contribution in [2.45, 2.75) is 90.4 Å². The maximum absolute atomic E-state index is 2.49. The average molecular weight is 222 g/mol. The van der Waals surface area contributed by atoms with Gasteiger partial charge in [0.1, 0.15) is 0 Å². The molecule has 16 heavy (non-hydrogen) atoms. The molecule has 0 bridgehead atoms. The van der Waals surface area contributed by atoms with Crippen LogP contribution in [0.1, 0.15) is 90.4 Å². The molecule has 0 atom stereocenters.